The summed E-state index contributed by atoms with van der Waals surface area (Å²) in [5.41, 5.74) is 10.2. The third-order valence-electron chi connectivity index (χ3n) is 7.86. The average molecular weight is 497 g/mol. The monoisotopic (exact) mass is 496 g/mol. The minimum Gasteiger partial charge on any atom is -0.382 e. The third kappa shape index (κ3) is 5.42. The predicted molar refractivity (Wildman–Crippen MR) is 155 cm³/mol. The number of allylic oxidation sites excluding steroid dienone is 1. The number of anilines is 1. The van der Waals surface area contributed by atoms with E-state index >= 15 is 0 Å². The highest BCUT2D eigenvalue weighted by molar-refractivity contribution is 6.01. The zero-order chi connectivity index (χ0) is 26.1. The first-order valence-electron chi connectivity index (χ1n) is 13.8. The summed E-state index contributed by atoms with van der Waals surface area (Å²) < 4.78 is 0. The minimum atomic E-state index is -0.0326. The Labute approximate surface area is 221 Å². The summed E-state index contributed by atoms with van der Waals surface area (Å²) in [6.45, 7) is 10.3. The van der Waals surface area contributed by atoms with Crippen molar-refractivity contribution in [2.24, 2.45) is 5.92 Å². The second-order valence-corrected chi connectivity index (χ2v) is 11.2. The maximum atomic E-state index is 12.6. The fourth-order valence-electron chi connectivity index (χ4n) is 5.60. The molecule has 2 aromatic carbocycles. The van der Waals surface area contributed by atoms with E-state index in [-0.39, 0.29) is 5.91 Å². The van der Waals surface area contributed by atoms with Crippen molar-refractivity contribution in [3.05, 3.63) is 65.2 Å². The fourth-order valence-corrected chi connectivity index (χ4v) is 5.60. The van der Waals surface area contributed by atoms with Crippen LogP contribution in [0.1, 0.15) is 66.6 Å². The Kier molecular flexibility index (Phi) is 7.34. The molecule has 0 spiro atoms. The highest BCUT2D eigenvalue weighted by Crippen LogP contribution is 2.42. The standard InChI is InChI=1S/C32H40N4O/c1-20(2)29-26(34-28-19-21(28)3)15-16-27-30(29)24-9-7-6-8-10-25(24)31(35-27)22-11-13-23(14-12-22)32(37)33-17-18-36(4)5/h11-16,21,28,34H,1,6-10,17-19H2,2-5H3,(H,33,37)/t21?,28-/m0/s1. The number of pyridine rings is 1. The molecule has 1 amide bonds. The largest absolute Gasteiger partial charge is 0.382 e. The van der Waals surface area contributed by atoms with Gasteiger partial charge in [0.25, 0.3) is 5.91 Å². The van der Waals surface area contributed by atoms with Crippen LogP contribution >= 0.6 is 0 Å². The van der Waals surface area contributed by atoms with Crippen LogP contribution in [0.25, 0.3) is 27.7 Å². The van der Waals surface area contributed by atoms with Crippen LogP contribution in [0.2, 0.25) is 0 Å². The molecule has 1 fully saturated rings. The normalized spacial score (nSPS) is 18.8. The fraction of sp³-hybridized carbons (Fsp3) is 0.438. The number of rotatable bonds is 8. The number of amides is 1. The minimum absolute atomic E-state index is 0.0326. The summed E-state index contributed by atoms with van der Waals surface area (Å²) in [4.78, 5) is 19.9. The summed E-state index contributed by atoms with van der Waals surface area (Å²) in [6.07, 6.45) is 6.95. The molecule has 0 saturated heterocycles. The van der Waals surface area contributed by atoms with Gasteiger partial charge in [0.05, 0.1) is 11.2 Å². The van der Waals surface area contributed by atoms with Crippen molar-refractivity contribution in [2.45, 2.75) is 58.4 Å². The van der Waals surface area contributed by atoms with Crippen LogP contribution in [-0.4, -0.2) is 49.0 Å². The highest BCUT2D eigenvalue weighted by atomic mass is 16.1. The summed E-state index contributed by atoms with van der Waals surface area (Å²) >= 11 is 0. The van der Waals surface area contributed by atoms with E-state index < -0.39 is 0 Å². The lowest BCUT2D eigenvalue weighted by Gasteiger charge is -2.21. The van der Waals surface area contributed by atoms with Crippen molar-refractivity contribution >= 4 is 28.1 Å². The van der Waals surface area contributed by atoms with Gasteiger partial charge in [-0.1, -0.05) is 32.1 Å². The molecule has 0 bridgehead atoms. The molecule has 0 radical (unpaired) electrons. The number of hydrogen-bond donors (Lipinski definition) is 2. The number of aryl methyl sites for hydroxylation is 1. The second kappa shape index (κ2) is 10.7. The number of aromatic nitrogens is 1. The molecule has 0 aliphatic heterocycles. The van der Waals surface area contributed by atoms with Crippen LogP contribution in [0.15, 0.2) is 43.0 Å². The topological polar surface area (TPSA) is 57.3 Å². The summed E-state index contributed by atoms with van der Waals surface area (Å²) in [6, 6.07) is 12.9. The lowest BCUT2D eigenvalue weighted by Crippen LogP contribution is -2.31. The molecule has 1 unspecified atom stereocenters. The quantitative estimate of drug-likeness (QED) is 0.359. The summed E-state index contributed by atoms with van der Waals surface area (Å²) in [7, 11) is 4.01. The second-order valence-electron chi connectivity index (χ2n) is 11.2. The van der Waals surface area contributed by atoms with E-state index in [4.69, 9.17) is 4.98 Å². The predicted octanol–water partition coefficient (Wildman–Crippen LogP) is 6.32. The van der Waals surface area contributed by atoms with E-state index in [1.165, 1.54) is 53.4 Å². The van der Waals surface area contributed by atoms with Crippen LogP contribution in [0.3, 0.4) is 0 Å². The smallest absolute Gasteiger partial charge is 0.251 e. The van der Waals surface area contributed by atoms with Crippen LogP contribution in [0, 0.1) is 5.92 Å². The van der Waals surface area contributed by atoms with Gasteiger partial charge < -0.3 is 15.5 Å². The third-order valence-corrected chi connectivity index (χ3v) is 7.86. The Morgan fingerprint density at radius 2 is 1.76 bits per heavy atom. The number of carbonyl (C=O) groups is 1. The molecule has 1 aromatic heterocycles. The van der Waals surface area contributed by atoms with E-state index in [0.29, 0.717) is 18.2 Å². The maximum Gasteiger partial charge on any atom is 0.251 e. The number of nitrogens with one attached hydrogen (secondary N) is 2. The molecular weight excluding hydrogens is 456 g/mol. The van der Waals surface area contributed by atoms with Crippen LogP contribution < -0.4 is 10.6 Å². The van der Waals surface area contributed by atoms with Gasteiger partial charge in [0.2, 0.25) is 0 Å². The van der Waals surface area contributed by atoms with Crippen LogP contribution in [0.5, 0.6) is 0 Å². The molecule has 2 aliphatic rings. The van der Waals surface area contributed by atoms with Crippen molar-refractivity contribution in [3.63, 3.8) is 0 Å². The maximum absolute atomic E-state index is 12.6. The summed E-state index contributed by atoms with van der Waals surface area (Å²) in [5, 5.41) is 8.07. The summed E-state index contributed by atoms with van der Waals surface area (Å²) in [5.74, 6) is 0.694. The highest BCUT2D eigenvalue weighted by Gasteiger charge is 2.33. The van der Waals surface area contributed by atoms with Gasteiger partial charge in [-0.2, -0.15) is 0 Å². The molecule has 5 heteroatoms. The van der Waals surface area contributed by atoms with E-state index in [2.05, 4.69) is 60.2 Å². The number of likely N-dealkylation sites (N-methyl/N-ethyl adjacent to an activating group) is 1. The van der Waals surface area contributed by atoms with Crippen LogP contribution in [-0.2, 0) is 12.8 Å². The number of carbonyl (C=O) groups excluding carboxylic acids is 1. The lowest BCUT2D eigenvalue weighted by molar-refractivity contribution is 0.0951. The van der Waals surface area contributed by atoms with E-state index in [9.17, 15) is 4.79 Å². The van der Waals surface area contributed by atoms with Crippen molar-refractivity contribution in [3.8, 4) is 11.3 Å². The zero-order valence-corrected chi connectivity index (χ0v) is 22.8. The van der Waals surface area contributed by atoms with Gasteiger partial charge in [-0.15, -0.1) is 0 Å². The molecule has 3 aromatic rings. The van der Waals surface area contributed by atoms with Gasteiger partial charge in [-0.25, -0.2) is 4.98 Å². The number of benzene rings is 2. The Morgan fingerprint density at radius 3 is 2.41 bits per heavy atom. The van der Waals surface area contributed by atoms with E-state index in [0.717, 1.165) is 47.7 Å². The lowest BCUT2D eigenvalue weighted by atomic mass is 9.89. The molecule has 1 saturated carbocycles. The Balaban J connectivity index is 1.55. The zero-order valence-electron chi connectivity index (χ0n) is 22.8. The van der Waals surface area contributed by atoms with E-state index in [1.807, 2.05) is 26.2 Å². The molecule has 2 N–H and O–H groups in total. The molecule has 5 nitrogen and oxygen atoms in total. The van der Waals surface area contributed by atoms with Gasteiger partial charge >= 0.3 is 0 Å². The molecule has 1 heterocycles. The molecule has 37 heavy (non-hydrogen) atoms. The first-order valence-corrected chi connectivity index (χ1v) is 13.8. The Morgan fingerprint density at radius 1 is 1.05 bits per heavy atom. The molecule has 2 atom stereocenters. The van der Waals surface area contributed by atoms with E-state index in [1.54, 1.807) is 0 Å². The number of hydrogen-bond acceptors (Lipinski definition) is 4. The molecule has 2 aliphatic carbocycles. The van der Waals surface area contributed by atoms with Gasteiger partial charge in [-0.3, -0.25) is 4.79 Å². The number of fused-ring (bicyclic) bond motifs is 3. The SMILES string of the molecule is C=C(C)c1c(N[C@H]2CC2C)ccc2nc(-c3ccc(C(=O)NCCN(C)C)cc3)c3c(c12)CCCCC3. The Hall–Kier alpha value is -3.18. The molecule has 5 rings (SSSR count). The molecular formula is C32H40N4O. The average Bonchev–Trinajstić information content (AvgIpc) is 3.63. The number of nitrogens with zero attached hydrogens (tertiary/aromatic N) is 2. The van der Waals surface area contributed by atoms with Gasteiger partial charge in [-0.05, 0) is 100 Å². The van der Waals surface area contributed by atoms with Crippen molar-refractivity contribution < 1.29 is 4.79 Å². The Bertz CT molecular complexity index is 1330. The van der Waals surface area contributed by atoms with Crippen molar-refractivity contribution in [2.75, 3.05) is 32.5 Å². The van der Waals surface area contributed by atoms with Gasteiger partial charge in [0, 0.05) is 46.9 Å². The van der Waals surface area contributed by atoms with Gasteiger partial charge in [0.1, 0.15) is 0 Å². The first kappa shape index (κ1) is 25.5. The van der Waals surface area contributed by atoms with Crippen LogP contribution in [0.4, 0.5) is 5.69 Å². The molecule has 194 valence electrons. The van der Waals surface area contributed by atoms with Gasteiger partial charge in [0.15, 0.2) is 0 Å². The first-order chi connectivity index (χ1) is 17.8. The van der Waals surface area contributed by atoms with Crippen molar-refractivity contribution in [1.29, 1.82) is 0 Å². The van der Waals surface area contributed by atoms with Crippen molar-refractivity contribution in [1.82, 2.24) is 15.2 Å².